The summed E-state index contributed by atoms with van der Waals surface area (Å²) in [5.74, 6) is 1.69. The highest BCUT2D eigenvalue weighted by Gasteiger charge is 2.19. The van der Waals surface area contributed by atoms with Gasteiger partial charge in [0.1, 0.15) is 30.5 Å². The molecule has 10 heteroatoms. The number of hydrogen-bond acceptors (Lipinski definition) is 7. The first-order valence-electron chi connectivity index (χ1n) is 12.8. The Morgan fingerprint density at radius 1 is 0.919 bits per heavy atom. The molecule has 0 aromatic heterocycles. The molecule has 0 radical (unpaired) electrons. The maximum Gasteiger partial charge on any atom is 0.173 e. The van der Waals surface area contributed by atoms with Crippen molar-refractivity contribution in [2.24, 2.45) is 27.7 Å². The summed E-state index contributed by atoms with van der Waals surface area (Å²) < 4.78 is 26.0. The molecule has 37 heavy (non-hydrogen) atoms. The first kappa shape index (κ1) is 28.0. The zero-order valence-corrected chi connectivity index (χ0v) is 21.7. The van der Waals surface area contributed by atoms with Crippen LogP contribution in [0.2, 0.25) is 0 Å². The maximum atomic E-state index is 14.3. The quantitative estimate of drug-likeness (QED) is 0.171. The SMILES string of the molecule is CCON=C(N)c1ccc(OCC2CCN(CCCOc3ccc(C(N)=NOCC)c(F)c3)CC2)cc1. The number of halogens is 1. The molecule has 202 valence electrons. The van der Waals surface area contributed by atoms with Gasteiger partial charge in [0.25, 0.3) is 0 Å². The van der Waals surface area contributed by atoms with Crippen LogP contribution in [-0.4, -0.2) is 62.6 Å². The number of amidine groups is 2. The van der Waals surface area contributed by atoms with Gasteiger partial charge in [-0.2, -0.15) is 0 Å². The van der Waals surface area contributed by atoms with Crippen molar-refractivity contribution in [3.05, 3.63) is 59.4 Å². The second-order valence-corrected chi connectivity index (χ2v) is 8.75. The molecule has 0 unspecified atom stereocenters. The van der Waals surface area contributed by atoms with Crippen LogP contribution >= 0.6 is 0 Å². The Morgan fingerprint density at radius 3 is 2.22 bits per heavy atom. The number of piperidine rings is 1. The first-order valence-corrected chi connectivity index (χ1v) is 12.8. The number of likely N-dealkylation sites (tertiary alicyclic amines) is 1. The molecule has 1 aliphatic rings. The number of oxime groups is 2. The highest BCUT2D eigenvalue weighted by atomic mass is 19.1. The zero-order chi connectivity index (χ0) is 26.5. The summed E-state index contributed by atoms with van der Waals surface area (Å²) in [5.41, 5.74) is 12.6. The molecule has 0 atom stereocenters. The average Bonchev–Trinajstić information content (AvgIpc) is 2.92. The van der Waals surface area contributed by atoms with E-state index in [2.05, 4.69) is 15.2 Å². The highest BCUT2D eigenvalue weighted by molar-refractivity contribution is 5.97. The Labute approximate surface area is 218 Å². The van der Waals surface area contributed by atoms with E-state index in [0.717, 1.165) is 50.2 Å². The van der Waals surface area contributed by atoms with Gasteiger partial charge in [-0.3, -0.25) is 0 Å². The van der Waals surface area contributed by atoms with Gasteiger partial charge in [-0.1, -0.05) is 10.3 Å². The fraction of sp³-hybridized carbons (Fsp3) is 0.481. The van der Waals surface area contributed by atoms with E-state index in [1.807, 2.05) is 31.2 Å². The minimum Gasteiger partial charge on any atom is -0.493 e. The molecule has 1 saturated heterocycles. The van der Waals surface area contributed by atoms with Crippen molar-refractivity contribution in [2.45, 2.75) is 33.1 Å². The number of hydrogen-bond donors (Lipinski definition) is 2. The first-order chi connectivity index (χ1) is 18.0. The number of rotatable bonds is 14. The van der Waals surface area contributed by atoms with Gasteiger partial charge in [-0.15, -0.1) is 0 Å². The van der Waals surface area contributed by atoms with Crippen LogP contribution in [0.5, 0.6) is 11.5 Å². The molecule has 0 saturated carbocycles. The van der Waals surface area contributed by atoms with Gasteiger partial charge < -0.3 is 35.5 Å². The average molecular weight is 516 g/mol. The molecule has 2 aromatic carbocycles. The van der Waals surface area contributed by atoms with Crippen LogP contribution in [0, 0.1) is 11.7 Å². The molecule has 3 rings (SSSR count). The third-order valence-electron chi connectivity index (χ3n) is 6.03. The predicted molar refractivity (Wildman–Crippen MR) is 142 cm³/mol. The molecule has 2 aromatic rings. The summed E-state index contributed by atoms with van der Waals surface area (Å²) in [5, 5.41) is 7.51. The lowest BCUT2D eigenvalue weighted by Crippen LogP contribution is -2.36. The molecule has 9 nitrogen and oxygen atoms in total. The number of nitrogens with two attached hydrogens (primary N) is 2. The number of ether oxygens (including phenoxy) is 2. The molecular weight excluding hydrogens is 477 g/mol. The Bertz CT molecular complexity index is 1020. The van der Waals surface area contributed by atoms with Crippen LogP contribution in [0.3, 0.4) is 0 Å². The Balaban J connectivity index is 1.32. The second kappa shape index (κ2) is 14.9. The Kier molecular flexibility index (Phi) is 11.3. The van der Waals surface area contributed by atoms with E-state index in [1.54, 1.807) is 19.1 Å². The lowest BCUT2D eigenvalue weighted by Gasteiger charge is -2.31. The normalized spacial score (nSPS) is 15.4. The van der Waals surface area contributed by atoms with Crippen LogP contribution < -0.4 is 20.9 Å². The minimum atomic E-state index is -0.488. The van der Waals surface area contributed by atoms with Gasteiger partial charge in [0.05, 0.1) is 18.8 Å². The summed E-state index contributed by atoms with van der Waals surface area (Å²) in [7, 11) is 0. The van der Waals surface area contributed by atoms with Crippen molar-refractivity contribution in [3.8, 4) is 11.5 Å². The Morgan fingerprint density at radius 2 is 1.57 bits per heavy atom. The van der Waals surface area contributed by atoms with Gasteiger partial charge in [0, 0.05) is 18.2 Å². The third-order valence-corrected chi connectivity index (χ3v) is 6.03. The monoisotopic (exact) mass is 515 g/mol. The van der Waals surface area contributed by atoms with Crippen LogP contribution in [0.25, 0.3) is 0 Å². The van der Waals surface area contributed by atoms with E-state index < -0.39 is 5.82 Å². The van der Waals surface area contributed by atoms with Crippen molar-refractivity contribution in [1.82, 2.24) is 4.90 Å². The number of nitrogens with zero attached hydrogens (tertiary/aromatic N) is 3. The summed E-state index contributed by atoms with van der Waals surface area (Å²) >= 11 is 0. The zero-order valence-electron chi connectivity index (χ0n) is 21.7. The standard InChI is InChI=1S/C27H38FN5O4/c1-3-36-31-26(29)21-6-8-22(9-7-21)35-19-20-12-15-33(16-13-20)14-5-17-34-23-10-11-24(25(28)18-23)27(30)32-37-4-2/h6-11,18,20H,3-5,12-17,19H2,1-2H3,(H2,29,31)(H2,30,32). The topological polar surface area (TPSA) is 117 Å². The van der Waals surface area contributed by atoms with Gasteiger partial charge in [0.2, 0.25) is 0 Å². The summed E-state index contributed by atoms with van der Waals surface area (Å²) in [6.45, 7) is 8.68. The predicted octanol–water partition coefficient (Wildman–Crippen LogP) is 3.70. The smallest absolute Gasteiger partial charge is 0.173 e. The molecule has 1 aliphatic heterocycles. The molecule has 4 N–H and O–H groups in total. The van der Waals surface area contributed by atoms with E-state index >= 15 is 0 Å². The van der Waals surface area contributed by atoms with Crippen LogP contribution in [0.1, 0.15) is 44.2 Å². The molecule has 0 bridgehead atoms. The summed E-state index contributed by atoms with van der Waals surface area (Å²) in [6, 6.07) is 12.1. The third kappa shape index (κ3) is 9.13. The van der Waals surface area contributed by atoms with Crippen molar-refractivity contribution >= 4 is 11.7 Å². The van der Waals surface area contributed by atoms with E-state index in [0.29, 0.717) is 43.9 Å². The van der Waals surface area contributed by atoms with Crippen molar-refractivity contribution in [2.75, 3.05) is 46.1 Å². The van der Waals surface area contributed by atoms with E-state index in [9.17, 15) is 4.39 Å². The molecule has 0 amide bonds. The minimum absolute atomic E-state index is 0.00566. The fourth-order valence-electron chi connectivity index (χ4n) is 3.95. The van der Waals surface area contributed by atoms with Crippen LogP contribution in [-0.2, 0) is 9.68 Å². The van der Waals surface area contributed by atoms with Crippen LogP contribution in [0.15, 0.2) is 52.8 Å². The molecular formula is C27H38FN5O4. The molecule has 1 fully saturated rings. The van der Waals surface area contributed by atoms with Crippen molar-refractivity contribution in [3.63, 3.8) is 0 Å². The van der Waals surface area contributed by atoms with Gasteiger partial charge in [0.15, 0.2) is 11.7 Å². The lowest BCUT2D eigenvalue weighted by atomic mass is 9.98. The van der Waals surface area contributed by atoms with E-state index in [4.69, 9.17) is 30.6 Å². The number of benzene rings is 2. The van der Waals surface area contributed by atoms with Crippen molar-refractivity contribution in [1.29, 1.82) is 0 Å². The van der Waals surface area contributed by atoms with Crippen molar-refractivity contribution < 1.29 is 23.5 Å². The largest absolute Gasteiger partial charge is 0.493 e. The molecule has 0 spiro atoms. The van der Waals surface area contributed by atoms with Crippen LogP contribution in [0.4, 0.5) is 4.39 Å². The van der Waals surface area contributed by atoms with E-state index in [-0.39, 0.29) is 11.4 Å². The molecule has 1 heterocycles. The molecule has 0 aliphatic carbocycles. The summed E-state index contributed by atoms with van der Waals surface area (Å²) in [4.78, 5) is 12.3. The Hall–Kier alpha value is -3.53. The summed E-state index contributed by atoms with van der Waals surface area (Å²) in [6.07, 6.45) is 3.04. The van der Waals surface area contributed by atoms with Gasteiger partial charge >= 0.3 is 0 Å². The lowest BCUT2D eigenvalue weighted by molar-refractivity contribution is 0.135. The maximum absolute atomic E-state index is 14.3. The van der Waals surface area contributed by atoms with Gasteiger partial charge in [-0.25, -0.2) is 4.39 Å². The fourth-order valence-corrected chi connectivity index (χ4v) is 3.95. The van der Waals surface area contributed by atoms with Gasteiger partial charge in [-0.05, 0) is 88.5 Å². The highest BCUT2D eigenvalue weighted by Crippen LogP contribution is 2.21. The second-order valence-electron chi connectivity index (χ2n) is 8.75. The van der Waals surface area contributed by atoms with E-state index in [1.165, 1.54) is 6.07 Å².